The van der Waals surface area contributed by atoms with Crippen LogP contribution in [0.1, 0.15) is 22.9 Å². The summed E-state index contributed by atoms with van der Waals surface area (Å²) in [5.74, 6) is 0. The Kier molecular flexibility index (Phi) is 3.61. The van der Waals surface area contributed by atoms with Crippen LogP contribution in [0.3, 0.4) is 0 Å². The normalized spacial score (nSPS) is 13.5. The fourth-order valence-corrected chi connectivity index (χ4v) is 1.91. The van der Waals surface area contributed by atoms with Crippen LogP contribution in [-0.2, 0) is 19.6 Å². The second-order valence-corrected chi connectivity index (χ2v) is 4.43. The Labute approximate surface area is 108 Å². The Hall–Kier alpha value is -1.82. The summed E-state index contributed by atoms with van der Waals surface area (Å²) in [5.41, 5.74) is 6.98. The predicted octanol–water partition coefficient (Wildman–Crippen LogP) is 2.68. The molecular weight excluding hydrogens is 255 g/mol. The Morgan fingerprint density at radius 2 is 1.89 bits per heavy atom. The van der Waals surface area contributed by atoms with Gasteiger partial charge in [-0.25, -0.2) is 4.98 Å². The van der Waals surface area contributed by atoms with E-state index in [-0.39, 0.29) is 6.04 Å². The van der Waals surface area contributed by atoms with Crippen LogP contribution in [0.2, 0.25) is 0 Å². The lowest BCUT2D eigenvalue weighted by molar-refractivity contribution is -0.137. The Morgan fingerprint density at radius 3 is 2.37 bits per heavy atom. The Morgan fingerprint density at radius 1 is 1.26 bits per heavy atom. The van der Waals surface area contributed by atoms with E-state index in [1.165, 1.54) is 12.1 Å². The largest absolute Gasteiger partial charge is 0.416 e. The molecule has 0 fully saturated rings. The number of halogens is 3. The molecule has 0 aliphatic carbocycles. The molecule has 0 aliphatic heterocycles. The van der Waals surface area contributed by atoms with Crippen LogP contribution in [0.25, 0.3) is 0 Å². The number of benzene rings is 1. The highest BCUT2D eigenvalue weighted by molar-refractivity contribution is 5.26. The van der Waals surface area contributed by atoms with Gasteiger partial charge in [-0.15, -0.1) is 0 Å². The topological polar surface area (TPSA) is 43.8 Å². The molecule has 19 heavy (non-hydrogen) atoms. The maximum absolute atomic E-state index is 12.4. The zero-order chi connectivity index (χ0) is 14.0. The number of hydrogen-bond acceptors (Lipinski definition) is 2. The standard InChI is InChI=1S/C13H14F3N3/c1-19-8-18-7-12(19)11(17)6-9-2-4-10(5-3-9)13(14,15)16/h2-5,7-8,11H,6,17H2,1H3. The van der Waals surface area contributed by atoms with Crippen molar-refractivity contribution in [1.29, 1.82) is 0 Å². The summed E-state index contributed by atoms with van der Waals surface area (Å²) in [6.07, 6.45) is -0.531. The predicted molar refractivity (Wildman–Crippen MR) is 65.3 cm³/mol. The van der Waals surface area contributed by atoms with Gasteiger partial charge in [0.15, 0.2) is 0 Å². The molecule has 1 aromatic carbocycles. The maximum atomic E-state index is 12.4. The fourth-order valence-electron chi connectivity index (χ4n) is 1.91. The van der Waals surface area contributed by atoms with Crippen molar-refractivity contribution in [1.82, 2.24) is 9.55 Å². The number of nitrogens with zero attached hydrogens (tertiary/aromatic N) is 2. The zero-order valence-corrected chi connectivity index (χ0v) is 10.4. The summed E-state index contributed by atoms with van der Waals surface area (Å²) in [5, 5.41) is 0. The summed E-state index contributed by atoms with van der Waals surface area (Å²) in [6, 6.07) is 4.78. The Bertz CT molecular complexity index is 543. The minimum atomic E-state index is -4.30. The van der Waals surface area contributed by atoms with Crippen molar-refractivity contribution in [3.05, 3.63) is 53.6 Å². The monoisotopic (exact) mass is 269 g/mol. The maximum Gasteiger partial charge on any atom is 0.416 e. The SMILES string of the molecule is Cn1cncc1C(N)Cc1ccc(C(F)(F)F)cc1. The lowest BCUT2D eigenvalue weighted by atomic mass is 10.0. The third-order valence-electron chi connectivity index (χ3n) is 2.97. The molecule has 6 heteroatoms. The highest BCUT2D eigenvalue weighted by Crippen LogP contribution is 2.29. The van der Waals surface area contributed by atoms with Crippen molar-refractivity contribution < 1.29 is 13.2 Å². The van der Waals surface area contributed by atoms with E-state index in [9.17, 15) is 13.2 Å². The van der Waals surface area contributed by atoms with Gasteiger partial charge in [0.25, 0.3) is 0 Å². The minimum absolute atomic E-state index is 0.288. The molecule has 0 saturated heterocycles. The van der Waals surface area contributed by atoms with E-state index < -0.39 is 11.7 Å². The van der Waals surface area contributed by atoms with Crippen LogP contribution in [-0.4, -0.2) is 9.55 Å². The van der Waals surface area contributed by atoms with E-state index in [0.29, 0.717) is 6.42 Å². The van der Waals surface area contributed by atoms with E-state index in [4.69, 9.17) is 5.73 Å². The van der Waals surface area contributed by atoms with E-state index >= 15 is 0 Å². The third-order valence-corrected chi connectivity index (χ3v) is 2.97. The molecule has 1 unspecified atom stereocenters. The van der Waals surface area contributed by atoms with Crippen molar-refractivity contribution >= 4 is 0 Å². The molecule has 2 N–H and O–H groups in total. The van der Waals surface area contributed by atoms with Crippen molar-refractivity contribution in [2.75, 3.05) is 0 Å². The van der Waals surface area contributed by atoms with Gasteiger partial charge in [-0.3, -0.25) is 0 Å². The molecule has 1 aromatic heterocycles. The van der Waals surface area contributed by atoms with Crippen molar-refractivity contribution in [2.45, 2.75) is 18.6 Å². The minimum Gasteiger partial charge on any atom is -0.336 e. The van der Waals surface area contributed by atoms with Gasteiger partial charge >= 0.3 is 6.18 Å². The van der Waals surface area contributed by atoms with Crippen LogP contribution in [0.15, 0.2) is 36.8 Å². The summed E-state index contributed by atoms with van der Waals surface area (Å²) in [7, 11) is 1.83. The van der Waals surface area contributed by atoms with Gasteiger partial charge in [-0.2, -0.15) is 13.2 Å². The van der Waals surface area contributed by atoms with E-state index in [2.05, 4.69) is 4.98 Å². The second kappa shape index (κ2) is 5.05. The zero-order valence-electron chi connectivity index (χ0n) is 10.4. The molecule has 2 aromatic rings. The lowest BCUT2D eigenvalue weighted by Gasteiger charge is -2.13. The molecule has 102 valence electrons. The summed E-state index contributed by atoms with van der Waals surface area (Å²) in [6.45, 7) is 0. The highest BCUT2D eigenvalue weighted by Gasteiger charge is 2.29. The molecule has 0 radical (unpaired) electrons. The number of aryl methyl sites for hydroxylation is 1. The van der Waals surface area contributed by atoms with Gasteiger partial charge in [-0.05, 0) is 24.1 Å². The number of hydrogen-bond donors (Lipinski definition) is 1. The van der Waals surface area contributed by atoms with Crippen LogP contribution in [0.5, 0.6) is 0 Å². The first kappa shape index (κ1) is 13.6. The van der Waals surface area contributed by atoms with Crippen molar-refractivity contribution in [3.63, 3.8) is 0 Å². The van der Waals surface area contributed by atoms with Gasteiger partial charge in [0.2, 0.25) is 0 Å². The quantitative estimate of drug-likeness (QED) is 0.931. The molecule has 1 heterocycles. The van der Waals surface area contributed by atoms with Crippen LogP contribution in [0.4, 0.5) is 13.2 Å². The van der Waals surface area contributed by atoms with Gasteiger partial charge in [0.1, 0.15) is 0 Å². The molecule has 0 bridgehead atoms. The second-order valence-electron chi connectivity index (χ2n) is 4.43. The van der Waals surface area contributed by atoms with Crippen LogP contribution in [0, 0.1) is 0 Å². The van der Waals surface area contributed by atoms with Crippen LogP contribution >= 0.6 is 0 Å². The highest BCUT2D eigenvalue weighted by atomic mass is 19.4. The van der Waals surface area contributed by atoms with Gasteiger partial charge in [-0.1, -0.05) is 12.1 Å². The molecule has 2 rings (SSSR count). The number of imidazole rings is 1. The molecule has 0 aliphatic rings. The number of rotatable bonds is 3. The molecule has 1 atom stereocenters. The molecular formula is C13H14F3N3. The number of alkyl halides is 3. The lowest BCUT2D eigenvalue weighted by Crippen LogP contribution is -2.16. The number of aromatic nitrogens is 2. The smallest absolute Gasteiger partial charge is 0.336 e. The van der Waals surface area contributed by atoms with Gasteiger partial charge in [0, 0.05) is 13.2 Å². The summed E-state index contributed by atoms with van der Waals surface area (Å²) < 4.78 is 39.1. The average Bonchev–Trinajstić information content (AvgIpc) is 2.75. The first-order chi connectivity index (χ1) is 8.88. The molecule has 0 spiro atoms. The van der Waals surface area contributed by atoms with Crippen molar-refractivity contribution in [3.8, 4) is 0 Å². The molecule has 0 amide bonds. The molecule has 3 nitrogen and oxygen atoms in total. The first-order valence-corrected chi connectivity index (χ1v) is 5.76. The van der Waals surface area contributed by atoms with E-state index in [1.54, 1.807) is 17.1 Å². The van der Waals surface area contributed by atoms with Gasteiger partial charge in [0.05, 0.1) is 23.6 Å². The fraction of sp³-hybridized carbons (Fsp3) is 0.308. The summed E-state index contributed by atoms with van der Waals surface area (Å²) >= 11 is 0. The Balaban J connectivity index is 2.10. The first-order valence-electron chi connectivity index (χ1n) is 5.76. The van der Waals surface area contributed by atoms with E-state index in [0.717, 1.165) is 23.4 Å². The van der Waals surface area contributed by atoms with Gasteiger partial charge < -0.3 is 10.3 Å². The molecule has 0 saturated carbocycles. The number of nitrogens with two attached hydrogens (primary N) is 1. The third kappa shape index (κ3) is 3.14. The van der Waals surface area contributed by atoms with Crippen molar-refractivity contribution in [2.24, 2.45) is 12.8 Å². The average molecular weight is 269 g/mol. The summed E-state index contributed by atoms with van der Waals surface area (Å²) in [4.78, 5) is 3.97. The van der Waals surface area contributed by atoms with E-state index in [1.807, 2.05) is 7.05 Å². The van der Waals surface area contributed by atoms with Crippen LogP contribution < -0.4 is 5.73 Å².